The highest BCUT2D eigenvalue weighted by Crippen LogP contribution is 2.26. The minimum absolute atomic E-state index is 0.0219. The minimum Gasteiger partial charge on any atom is -0.354 e. The lowest BCUT2D eigenvalue weighted by Gasteiger charge is -2.23. The molecule has 1 rings (SSSR count). The van der Waals surface area contributed by atoms with Crippen LogP contribution in [0.4, 0.5) is 5.69 Å². The van der Waals surface area contributed by atoms with Crippen molar-refractivity contribution >= 4 is 29.1 Å². The van der Waals surface area contributed by atoms with Gasteiger partial charge < -0.3 is 10.2 Å². The van der Waals surface area contributed by atoms with E-state index in [-0.39, 0.29) is 11.8 Å². The Kier molecular flexibility index (Phi) is 5.83. The molecule has 0 saturated carbocycles. The van der Waals surface area contributed by atoms with Crippen molar-refractivity contribution in [3.63, 3.8) is 0 Å². The van der Waals surface area contributed by atoms with Crippen molar-refractivity contribution in [2.45, 2.75) is 27.2 Å². The minimum atomic E-state index is -0.0730. The first-order valence-corrected chi connectivity index (χ1v) is 6.65. The SMILES string of the molecule is CCC(=O)NCCN(C(C)=O)c1cccc(Cl)c1C. The number of nitrogens with zero attached hydrogens (tertiary/aromatic N) is 1. The van der Waals surface area contributed by atoms with Crippen LogP contribution in [0.2, 0.25) is 5.02 Å². The van der Waals surface area contributed by atoms with Gasteiger partial charge in [0, 0.05) is 37.1 Å². The second-order valence-corrected chi connectivity index (χ2v) is 4.67. The monoisotopic (exact) mass is 282 g/mol. The average molecular weight is 283 g/mol. The first-order chi connectivity index (χ1) is 8.97. The molecule has 0 aliphatic heterocycles. The number of amides is 2. The lowest BCUT2D eigenvalue weighted by Crippen LogP contribution is -2.37. The summed E-state index contributed by atoms with van der Waals surface area (Å²) in [5, 5.41) is 3.38. The van der Waals surface area contributed by atoms with Gasteiger partial charge >= 0.3 is 0 Å². The Hall–Kier alpha value is -1.55. The molecule has 0 spiro atoms. The Morgan fingerprint density at radius 3 is 2.63 bits per heavy atom. The van der Waals surface area contributed by atoms with Gasteiger partial charge in [0.15, 0.2) is 0 Å². The number of carbonyl (C=O) groups is 2. The summed E-state index contributed by atoms with van der Waals surface area (Å²) in [4.78, 5) is 24.5. The Morgan fingerprint density at radius 2 is 2.05 bits per heavy atom. The average Bonchev–Trinajstić information content (AvgIpc) is 2.38. The highest BCUT2D eigenvalue weighted by Gasteiger charge is 2.14. The van der Waals surface area contributed by atoms with Gasteiger partial charge in [-0.2, -0.15) is 0 Å². The summed E-state index contributed by atoms with van der Waals surface area (Å²) < 4.78 is 0. The van der Waals surface area contributed by atoms with E-state index < -0.39 is 0 Å². The molecule has 0 saturated heterocycles. The summed E-state index contributed by atoms with van der Waals surface area (Å²) in [6, 6.07) is 5.45. The van der Waals surface area contributed by atoms with E-state index in [4.69, 9.17) is 11.6 Å². The number of rotatable bonds is 5. The van der Waals surface area contributed by atoms with Crippen molar-refractivity contribution in [3.8, 4) is 0 Å². The zero-order valence-corrected chi connectivity index (χ0v) is 12.3. The zero-order valence-electron chi connectivity index (χ0n) is 11.5. The van der Waals surface area contributed by atoms with Gasteiger partial charge in [0.25, 0.3) is 0 Å². The fourth-order valence-electron chi connectivity index (χ4n) is 1.77. The van der Waals surface area contributed by atoms with Gasteiger partial charge in [-0.3, -0.25) is 9.59 Å². The molecule has 2 amide bonds. The van der Waals surface area contributed by atoms with Crippen LogP contribution in [0, 0.1) is 6.92 Å². The summed E-state index contributed by atoms with van der Waals surface area (Å²) in [6.45, 7) is 6.03. The first-order valence-electron chi connectivity index (χ1n) is 6.27. The smallest absolute Gasteiger partial charge is 0.223 e. The topological polar surface area (TPSA) is 49.4 Å². The molecule has 0 aliphatic carbocycles. The van der Waals surface area contributed by atoms with Crippen LogP contribution in [-0.2, 0) is 9.59 Å². The molecular weight excluding hydrogens is 264 g/mol. The van der Waals surface area contributed by atoms with Gasteiger partial charge in [0.1, 0.15) is 0 Å². The normalized spacial score (nSPS) is 10.1. The molecule has 19 heavy (non-hydrogen) atoms. The summed E-state index contributed by atoms with van der Waals surface area (Å²) in [7, 11) is 0. The molecule has 0 atom stereocenters. The third-order valence-electron chi connectivity index (χ3n) is 2.89. The molecule has 0 unspecified atom stereocenters. The summed E-state index contributed by atoms with van der Waals surface area (Å²) in [5.74, 6) is -0.0950. The number of halogens is 1. The second kappa shape index (κ2) is 7.14. The number of anilines is 1. The highest BCUT2D eigenvalue weighted by molar-refractivity contribution is 6.31. The van der Waals surface area contributed by atoms with Crippen LogP contribution < -0.4 is 10.2 Å². The largest absolute Gasteiger partial charge is 0.354 e. The predicted octanol–water partition coefficient (Wildman–Crippen LogP) is 2.53. The van der Waals surface area contributed by atoms with Gasteiger partial charge in [0.2, 0.25) is 11.8 Å². The summed E-state index contributed by atoms with van der Waals surface area (Å²) in [5.41, 5.74) is 1.65. The summed E-state index contributed by atoms with van der Waals surface area (Å²) >= 11 is 6.06. The van der Waals surface area contributed by atoms with E-state index in [1.54, 1.807) is 17.9 Å². The van der Waals surface area contributed by atoms with Gasteiger partial charge in [-0.15, -0.1) is 0 Å². The van der Waals surface area contributed by atoms with Crippen LogP contribution in [0.3, 0.4) is 0 Å². The number of nitrogens with one attached hydrogen (secondary N) is 1. The van der Waals surface area contributed by atoms with Crippen LogP contribution in [0.1, 0.15) is 25.8 Å². The van der Waals surface area contributed by atoms with Crippen molar-refractivity contribution in [1.82, 2.24) is 5.32 Å². The van der Waals surface area contributed by atoms with Crippen LogP contribution in [0.25, 0.3) is 0 Å². The highest BCUT2D eigenvalue weighted by atomic mass is 35.5. The van der Waals surface area contributed by atoms with Gasteiger partial charge in [-0.05, 0) is 24.6 Å². The number of hydrogen-bond donors (Lipinski definition) is 1. The van der Waals surface area contributed by atoms with E-state index in [1.165, 1.54) is 6.92 Å². The Labute approximate surface area is 118 Å². The van der Waals surface area contributed by atoms with E-state index in [0.717, 1.165) is 11.3 Å². The fourth-order valence-corrected chi connectivity index (χ4v) is 1.94. The van der Waals surface area contributed by atoms with Crippen LogP contribution in [0.15, 0.2) is 18.2 Å². The van der Waals surface area contributed by atoms with E-state index in [9.17, 15) is 9.59 Å². The molecule has 1 aromatic carbocycles. The van der Waals surface area contributed by atoms with Crippen LogP contribution >= 0.6 is 11.6 Å². The Balaban J connectivity index is 2.81. The predicted molar refractivity (Wildman–Crippen MR) is 77.5 cm³/mol. The maximum Gasteiger partial charge on any atom is 0.223 e. The van der Waals surface area contributed by atoms with Gasteiger partial charge in [-0.25, -0.2) is 0 Å². The van der Waals surface area contributed by atoms with Crippen molar-refractivity contribution in [2.24, 2.45) is 0 Å². The van der Waals surface area contributed by atoms with Crippen LogP contribution in [0.5, 0.6) is 0 Å². The van der Waals surface area contributed by atoms with Crippen LogP contribution in [-0.4, -0.2) is 24.9 Å². The molecule has 0 aromatic heterocycles. The van der Waals surface area contributed by atoms with Crippen molar-refractivity contribution in [3.05, 3.63) is 28.8 Å². The first kappa shape index (κ1) is 15.5. The fraction of sp³-hybridized carbons (Fsp3) is 0.429. The van der Waals surface area contributed by atoms with Crippen molar-refractivity contribution in [2.75, 3.05) is 18.0 Å². The van der Waals surface area contributed by atoms with Gasteiger partial charge in [0.05, 0.1) is 0 Å². The second-order valence-electron chi connectivity index (χ2n) is 4.26. The quantitative estimate of drug-likeness (QED) is 0.902. The third kappa shape index (κ3) is 4.24. The molecule has 1 aromatic rings. The van der Waals surface area contributed by atoms with Crippen molar-refractivity contribution in [1.29, 1.82) is 0 Å². The standard InChI is InChI=1S/C14H19ClN2O2/c1-4-14(19)16-8-9-17(11(3)18)13-7-5-6-12(15)10(13)2/h5-7H,4,8-9H2,1-3H3,(H,16,19). The Bertz CT molecular complexity index is 475. The maximum absolute atomic E-state index is 11.7. The van der Waals surface area contributed by atoms with E-state index in [0.29, 0.717) is 24.5 Å². The summed E-state index contributed by atoms with van der Waals surface area (Å²) in [6.07, 6.45) is 0.441. The number of carbonyl (C=O) groups excluding carboxylic acids is 2. The number of hydrogen-bond acceptors (Lipinski definition) is 2. The lowest BCUT2D eigenvalue weighted by molar-refractivity contribution is -0.121. The number of benzene rings is 1. The molecule has 0 fully saturated rings. The van der Waals surface area contributed by atoms with E-state index >= 15 is 0 Å². The lowest BCUT2D eigenvalue weighted by atomic mass is 10.1. The molecule has 1 N–H and O–H groups in total. The zero-order chi connectivity index (χ0) is 14.4. The van der Waals surface area contributed by atoms with Gasteiger partial charge in [-0.1, -0.05) is 24.6 Å². The van der Waals surface area contributed by atoms with E-state index in [2.05, 4.69) is 5.32 Å². The molecule has 0 aliphatic rings. The molecule has 104 valence electrons. The molecular formula is C14H19ClN2O2. The van der Waals surface area contributed by atoms with E-state index in [1.807, 2.05) is 19.1 Å². The maximum atomic E-state index is 11.7. The molecule has 4 nitrogen and oxygen atoms in total. The molecule has 0 heterocycles. The Morgan fingerprint density at radius 1 is 1.37 bits per heavy atom. The molecule has 0 radical (unpaired) electrons. The molecule has 5 heteroatoms. The third-order valence-corrected chi connectivity index (χ3v) is 3.30. The molecule has 0 bridgehead atoms. The van der Waals surface area contributed by atoms with Crippen molar-refractivity contribution < 1.29 is 9.59 Å².